The van der Waals surface area contributed by atoms with Gasteiger partial charge in [-0.3, -0.25) is 9.10 Å². The first-order chi connectivity index (χ1) is 18.3. The zero-order valence-corrected chi connectivity index (χ0v) is 22.6. The van der Waals surface area contributed by atoms with Gasteiger partial charge in [0.1, 0.15) is 6.04 Å². The van der Waals surface area contributed by atoms with Crippen LogP contribution in [-0.2, 0) is 34.2 Å². The SMILES string of the molecule is CC(C)CNCc1ccc2c(c1)CCC[C@H]2n1cc(C[C@@H]2C(=O)NC=CN2S(=O)(=O)c2ccccc2)nn1. The van der Waals surface area contributed by atoms with Crippen molar-refractivity contribution in [2.45, 2.75) is 63.1 Å². The van der Waals surface area contributed by atoms with Crippen molar-refractivity contribution in [3.05, 3.63) is 89.5 Å². The third kappa shape index (κ3) is 5.51. The lowest BCUT2D eigenvalue weighted by Crippen LogP contribution is -2.50. The minimum Gasteiger partial charge on any atom is -0.329 e. The van der Waals surface area contributed by atoms with Gasteiger partial charge in [0.25, 0.3) is 10.0 Å². The van der Waals surface area contributed by atoms with Crippen molar-refractivity contribution in [1.29, 1.82) is 0 Å². The standard InChI is InChI=1S/C28H34N6O3S/c1-20(2)17-29-18-21-11-12-25-22(15-21)7-6-10-26(25)33-19-23(31-32-33)16-27-28(35)30-13-14-34(27)38(36,37)24-8-4-3-5-9-24/h3-5,8-9,11-15,19-20,26-27,29H,6-7,10,16-18H2,1-2H3,(H,30,35)/t26-,27-/m1/s1. The van der Waals surface area contributed by atoms with Crippen LogP contribution in [0.3, 0.4) is 0 Å². The van der Waals surface area contributed by atoms with Gasteiger partial charge in [-0.1, -0.05) is 55.5 Å². The van der Waals surface area contributed by atoms with Crippen molar-refractivity contribution in [3.63, 3.8) is 0 Å². The lowest BCUT2D eigenvalue weighted by atomic mass is 9.86. The van der Waals surface area contributed by atoms with E-state index in [0.29, 0.717) is 11.6 Å². The monoisotopic (exact) mass is 534 g/mol. The molecule has 2 aromatic carbocycles. The Balaban J connectivity index is 1.34. The van der Waals surface area contributed by atoms with E-state index in [1.54, 1.807) is 18.2 Å². The Hall–Kier alpha value is -3.50. The van der Waals surface area contributed by atoms with Gasteiger partial charge >= 0.3 is 0 Å². The zero-order chi connectivity index (χ0) is 26.7. The van der Waals surface area contributed by atoms with Gasteiger partial charge in [0, 0.05) is 31.6 Å². The number of sulfonamides is 1. The molecule has 2 N–H and O–H groups in total. The summed E-state index contributed by atoms with van der Waals surface area (Å²) in [5.41, 5.74) is 4.42. The van der Waals surface area contributed by atoms with Crippen molar-refractivity contribution in [3.8, 4) is 0 Å². The van der Waals surface area contributed by atoms with E-state index in [1.165, 1.54) is 41.2 Å². The van der Waals surface area contributed by atoms with Gasteiger partial charge in [0.2, 0.25) is 5.91 Å². The van der Waals surface area contributed by atoms with Crippen LogP contribution in [0.1, 0.15) is 55.1 Å². The quantitative estimate of drug-likeness (QED) is 0.437. The summed E-state index contributed by atoms with van der Waals surface area (Å²) < 4.78 is 29.6. The number of aromatic nitrogens is 3. The molecule has 1 aromatic heterocycles. The molecule has 1 amide bonds. The number of nitrogens with one attached hydrogen (secondary N) is 2. The van der Waals surface area contributed by atoms with Crippen molar-refractivity contribution >= 4 is 15.9 Å². The summed E-state index contributed by atoms with van der Waals surface area (Å²) in [6.07, 6.45) is 7.73. The maximum absolute atomic E-state index is 13.3. The van der Waals surface area contributed by atoms with Crippen molar-refractivity contribution in [1.82, 2.24) is 29.9 Å². The molecule has 38 heavy (non-hydrogen) atoms. The van der Waals surface area contributed by atoms with Crippen LogP contribution in [0.2, 0.25) is 0 Å². The molecule has 0 radical (unpaired) electrons. The van der Waals surface area contributed by atoms with Crippen LogP contribution >= 0.6 is 0 Å². The molecule has 2 heterocycles. The van der Waals surface area contributed by atoms with Crippen molar-refractivity contribution in [2.75, 3.05) is 6.54 Å². The molecule has 0 unspecified atom stereocenters. The first-order valence-corrected chi connectivity index (χ1v) is 14.6. The zero-order valence-electron chi connectivity index (χ0n) is 21.7. The Kier molecular flexibility index (Phi) is 7.62. The molecular weight excluding hydrogens is 500 g/mol. The molecule has 0 bridgehead atoms. The van der Waals surface area contributed by atoms with Gasteiger partial charge < -0.3 is 10.6 Å². The van der Waals surface area contributed by atoms with Crippen LogP contribution < -0.4 is 10.6 Å². The van der Waals surface area contributed by atoms with Gasteiger partial charge in [-0.2, -0.15) is 0 Å². The number of rotatable bonds is 9. The van der Waals surface area contributed by atoms with Gasteiger partial charge in [0.05, 0.1) is 16.6 Å². The molecule has 10 heteroatoms. The number of nitrogens with zero attached hydrogens (tertiary/aromatic N) is 4. The van der Waals surface area contributed by atoms with Gasteiger partial charge in [0.15, 0.2) is 0 Å². The van der Waals surface area contributed by atoms with Crippen LogP contribution in [0.5, 0.6) is 0 Å². The molecule has 0 spiro atoms. The summed E-state index contributed by atoms with van der Waals surface area (Å²) in [6, 6.07) is 13.9. The molecule has 0 saturated heterocycles. The van der Waals surface area contributed by atoms with Crippen LogP contribution in [0.15, 0.2) is 72.0 Å². The number of fused-ring (bicyclic) bond motifs is 1. The van der Waals surface area contributed by atoms with E-state index in [2.05, 4.69) is 53.0 Å². The molecular formula is C28H34N6O3S. The average Bonchev–Trinajstić information content (AvgIpc) is 3.38. The maximum atomic E-state index is 13.3. The number of carbonyl (C=O) groups is 1. The largest absolute Gasteiger partial charge is 0.329 e. The minimum atomic E-state index is -3.91. The van der Waals surface area contributed by atoms with E-state index in [4.69, 9.17) is 0 Å². The number of amides is 1. The summed E-state index contributed by atoms with van der Waals surface area (Å²) in [7, 11) is -3.91. The van der Waals surface area contributed by atoms with Crippen LogP contribution in [0.25, 0.3) is 0 Å². The minimum absolute atomic E-state index is 0.0573. The fraction of sp³-hybridized carbons (Fsp3) is 0.393. The Bertz CT molecular complexity index is 1420. The predicted molar refractivity (Wildman–Crippen MR) is 144 cm³/mol. The lowest BCUT2D eigenvalue weighted by molar-refractivity contribution is -0.124. The molecule has 0 saturated carbocycles. The highest BCUT2D eigenvalue weighted by molar-refractivity contribution is 7.89. The fourth-order valence-electron chi connectivity index (χ4n) is 5.14. The Morgan fingerprint density at radius 3 is 2.76 bits per heavy atom. The van der Waals surface area contributed by atoms with Gasteiger partial charge in [-0.15, -0.1) is 5.10 Å². The molecule has 5 rings (SSSR count). The van der Waals surface area contributed by atoms with Crippen molar-refractivity contribution < 1.29 is 13.2 Å². The topological polar surface area (TPSA) is 109 Å². The van der Waals surface area contributed by atoms with Crippen molar-refractivity contribution in [2.24, 2.45) is 5.92 Å². The fourth-order valence-corrected chi connectivity index (χ4v) is 6.61. The summed E-state index contributed by atoms with van der Waals surface area (Å²) in [6.45, 7) is 6.24. The Morgan fingerprint density at radius 1 is 1.16 bits per heavy atom. The smallest absolute Gasteiger partial charge is 0.264 e. The lowest BCUT2D eigenvalue weighted by Gasteiger charge is -2.31. The molecule has 0 fully saturated rings. The van der Waals surface area contributed by atoms with Crippen LogP contribution in [-0.4, -0.2) is 46.2 Å². The Labute approximate surface area is 224 Å². The van der Waals surface area contributed by atoms with Crippen LogP contribution in [0, 0.1) is 5.92 Å². The van der Waals surface area contributed by atoms with E-state index in [1.807, 2.05) is 10.9 Å². The number of hydrogen-bond acceptors (Lipinski definition) is 6. The normalized spacial score (nSPS) is 19.4. The average molecular weight is 535 g/mol. The van der Waals surface area contributed by atoms with Gasteiger partial charge in [-0.25, -0.2) is 13.1 Å². The summed E-state index contributed by atoms with van der Waals surface area (Å²) in [5, 5.41) is 14.9. The number of aryl methyl sites for hydroxylation is 1. The molecule has 1 aliphatic heterocycles. The second kappa shape index (κ2) is 11.1. The second-order valence-electron chi connectivity index (χ2n) is 10.3. The highest BCUT2D eigenvalue weighted by Crippen LogP contribution is 2.33. The highest BCUT2D eigenvalue weighted by atomic mass is 32.2. The summed E-state index contributed by atoms with van der Waals surface area (Å²) in [5.74, 6) is 0.211. The molecule has 200 valence electrons. The molecule has 2 atom stereocenters. The molecule has 1 aliphatic carbocycles. The number of carbonyl (C=O) groups excluding carboxylic acids is 1. The second-order valence-corrected chi connectivity index (χ2v) is 12.2. The van der Waals surface area contributed by atoms with Gasteiger partial charge in [-0.05, 0) is 60.5 Å². The predicted octanol–water partition coefficient (Wildman–Crippen LogP) is 3.15. The Morgan fingerprint density at radius 2 is 1.97 bits per heavy atom. The maximum Gasteiger partial charge on any atom is 0.264 e. The number of benzene rings is 2. The van der Waals surface area contributed by atoms with E-state index >= 15 is 0 Å². The molecule has 9 nitrogen and oxygen atoms in total. The molecule has 2 aliphatic rings. The van der Waals surface area contributed by atoms with E-state index in [9.17, 15) is 13.2 Å². The summed E-state index contributed by atoms with van der Waals surface area (Å²) >= 11 is 0. The summed E-state index contributed by atoms with van der Waals surface area (Å²) in [4.78, 5) is 12.9. The van der Waals surface area contributed by atoms with E-state index in [-0.39, 0.29) is 17.4 Å². The first kappa shape index (κ1) is 26.1. The van der Waals surface area contributed by atoms with E-state index < -0.39 is 22.0 Å². The molecule has 3 aromatic rings. The van der Waals surface area contributed by atoms with Crippen LogP contribution in [0.4, 0.5) is 0 Å². The number of hydrogen-bond donors (Lipinski definition) is 2. The highest BCUT2D eigenvalue weighted by Gasteiger charge is 2.36. The third-order valence-electron chi connectivity index (χ3n) is 7.03. The van der Waals surface area contributed by atoms with E-state index in [0.717, 1.165) is 36.7 Å². The third-order valence-corrected chi connectivity index (χ3v) is 8.83. The first-order valence-electron chi connectivity index (χ1n) is 13.1.